The molecule has 0 aliphatic heterocycles. The molecule has 1 saturated carbocycles. The zero-order chi connectivity index (χ0) is 12.2. The first-order chi connectivity index (χ1) is 7.55. The van der Waals surface area contributed by atoms with E-state index in [1.54, 1.807) is 0 Å². The van der Waals surface area contributed by atoms with Gasteiger partial charge in [0.1, 0.15) is 0 Å². The van der Waals surface area contributed by atoms with Crippen LogP contribution < -0.4 is 5.32 Å². The Morgan fingerprint density at radius 1 is 1.62 bits per heavy atom. The number of ether oxygens (including phenoxy) is 1. The van der Waals surface area contributed by atoms with Crippen molar-refractivity contribution in [2.75, 3.05) is 13.7 Å². The molecule has 0 amide bonds. The fourth-order valence-corrected chi connectivity index (χ4v) is 3.27. The highest BCUT2D eigenvalue weighted by atomic mass is 16.5. The normalized spacial score (nSPS) is 32.4. The van der Waals surface area contributed by atoms with Crippen molar-refractivity contribution in [1.82, 2.24) is 5.32 Å². The first kappa shape index (κ1) is 13.7. The second-order valence-corrected chi connectivity index (χ2v) is 5.27. The van der Waals surface area contributed by atoms with Gasteiger partial charge in [0.15, 0.2) is 0 Å². The van der Waals surface area contributed by atoms with Crippen molar-refractivity contribution < 1.29 is 4.74 Å². The Morgan fingerprint density at radius 2 is 2.31 bits per heavy atom. The summed E-state index contributed by atoms with van der Waals surface area (Å²) in [4.78, 5) is 0. The van der Waals surface area contributed by atoms with Crippen molar-refractivity contribution in [2.24, 2.45) is 5.92 Å². The Morgan fingerprint density at radius 3 is 2.75 bits per heavy atom. The van der Waals surface area contributed by atoms with Gasteiger partial charge in [-0.2, -0.15) is 0 Å². The third-order valence-corrected chi connectivity index (χ3v) is 3.73. The first-order valence-corrected chi connectivity index (χ1v) is 6.52. The molecule has 2 heteroatoms. The quantitative estimate of drug-likeness (QED) is 0.726. The molecule has 1 fully saturated rings. The molecule has 16 heavy (non-hydrogen) atoms. The standard InChI is InChI=1S/C14H27NO/c1-6-16-14(13(15-5)11(2)3)9-7-8-12(4)10-14/h12-13,15H,2,6-10H2,1,3-5H3. The molecule has 2 nitrogen and oxygen atoms in total. The molecule has 0 bridgehead atoms. The van der Waals surface area contributed by atoms with E-state index in [4.69, 9.17) is 4.74 Å². The summed E-state index contributed by atoms with van der Waals surface area (Å²) in [6.45, 7) is 11.4. The van der Waals surface area contributed by atoms with Crippen molar-refractivity contribution in [3.05, 3.63) is 12.2 Å². The summed E-state index contributed by atoms with van der Waals surface area (Å²) in [6, 6.07) is 0.287. The minimum absolute atomic E-state index is 0.0208. The van der Waals surface area contributed by atoms with Gasteiger partial charge in [-0.15, -0.1) is 0 Å². The topological polar surface area (TPSA) is 21.3 Å². The molecule has 0 radical (unpaired) electrons. The third-order valence-electron chi connectivity index (χ3n) is 3.73. The van der Waals surface area contributed by atoms with Crippen LogP contribution in [0.15, 0.2) is 12.2 Å². The molecular formula is C14H27NO. The van der Waals surface area contributed by atoms with Gasteiger partial charge in [0.25, 0.3) is 0 Å². The van der Waals surface area contributed by atoms with Gasteiger partial charge in [-0.05, 0) is 39.7 Å². The highest BCUT2D eigenvalue weighted by molar-refractivity contribution is 5.13. The van der Waals surface area contributed by atoms with Gasteiger partial charge in [0.2, 0.25) is 0 Å². The molecule has 0 aromatic carbocycles. The SMILES string of the molecule is C=C(C)C(NC)C1(OCC)CCCC(C)C1. The van der Waals surface area contributed by atoms with Crippen LogP contribution in [0, 0.1) is 5.92 Å². The summed E-state index contributed by atoms with van der Waals surface area (Å²) < 4.78 is 6.13. The van der Waals surface area contributed by atoms with E-state index in [0.717, 1.165) is 25.4 Å². The van der Waals surface area contributed by atoms with Crippen molar-refractivity contribution in [3.63, 3.8) is 0 Å². The number of likely N-dealkylation sites (N-methyl/N-ethyl adjacent to an activating group) is 1. The molecule has 94 valence electrons. The summed E-state index contributed by atoms with van der Waals surface area (Å²) in [5, 5.41) is 3.39. The minimum atomic E-state index is -0.0208. The summed E-state index contributed by atoms with van der Waals surface area (Å²) in [5.74, 6) is 0.760. The molecule has 3 unspecified atom stereocenters. The van der Waals surface area contributed by atoms with Gasteiger partial charge in [-0.25, -0.2) is 0 Å². The lowest BCUT2D eigenvalue weighted by molar-refractivity contribution is -0.0912. The Hall–Kier alpha value is -0.340. The van der Waals surface area contributed by atoms with E-state index < -0.39 is 0 Å². The van der Waals surface area contributed by atoms with Crippen LogP contribution in [-0.4, -0.2) is 25.3 Å². The fraction of sp³-hybridized carbons (Fsp3) is 0.857. The summed E-state index contributed by atoms with van der Waals surface area (Å²) >= 11 is 0. The fourth-order valence-electron chi connectivity index (χ4n) is 3.27. The van der Waals surface area contributed by atoms with Gasteiger partial charge < -0.3 is 10.1 Å². The Balaban J connectivity index is 2.88. The Bertz CT molecular complexity index is 235. The summed E-state index contributed by atoms with van der Waals surface area (Å²) in [5.41, 5.74) is 1.16. The van der Waals surface area contributed by atoms with E-state index in [1.807, 2.05) is 7.05 Å². The monoisotopic (exact) mass is 225 g/mol. The van der Waals surface area contributed by atoms with Crippen LogP contribution in [-0.2, 0) is 4.74 Å². The number of nitrogens with one attached hydrogen (secondary N) is 1. The highest BCUT2D eigenvalue weighted by Gasteiger charge is 2.42. The second kappa shape index (κ2) is 5.83. The van der Waals surface area contributed by atoms with Crippen molar-refractivity contribution >= 4 is 0 Å². The molecule has 0 saturated heterocycles. The van der Waals surface area contributed by atoms with Crippen LogP contribution in [0.25, 0.3) is 0 Å². The molecule has 0 aromatic rings. The minimum Gasteiger partial charge on any atom is -0.373 e. The van der Waals surface area contributed by atoms with Gasteiger partial charge in [-0.3, -0.25) is 0 Å². The highest BCUT2D eigenvalue weighted by Crippen LogP contribution is 2.39. The molecule has 1 rings (SSSR count). The van der Waals surface area contributed by atoms with Crippen molar-refractivity contribution in [1.29, 1.82) is 0 Å². The zero-order valence-corrected chi connectivity index (χ0v) is 11.3. The maximum Gasteiger partial charge on any atom is 0.0875 e. The van der Waals surface area contributed by atoms with Crippen LogP contribution in [0.5, 0.6) is 0 Å². The lowest BCUT2D eigenvalue weighted by Gasteiger charge is -2.45. The Kier molecular flexibility index (Phi) is 5.00. The van der Waals surface area contributed by atoms with Crippen molar-refractivity contribution in [3.8, 4) is 0 Å². The van der Waals surface area contributed by atoms with E-state index in [2.05, 4.69) is 32.7 Å². The van der Waals surface area contributed by atoms with E-state index >= 15 is 0 Å². The molecule has 1 aliphatic carbocycles. The number of rotatable bonds is 5. The first-order valence-electron chi connectivity index (χ1n) is 6.52. The Labute approximate surface area is 100 Å². The molecular weight excluding hydrogens is 198 g/mol. The van der Waals surface area contributed by atoms with E-state index in [9.17, 15) is 0 Å². The molecule has 0 spiro atoms. The molecule has 1 aliphatic rings. The van der Waals surface area contributed by atoms with Crippen LogP contribution in [0.2, 0.25) is 0 Å². The molecule has 3 atom stereocenters. The largest absolute Gasteiger partial charge is 0.373 e. The van der Waals surface area contributed by atoms with Crippen molar-refractivity contribution in [2.45, 2.75) is 58.1 Å². The van der Waals surface area contributed by atoms with Crippen LogP contribution in [0.1, 0.15) is 46.5 Å². The lowest BCUT2D eigenvalue weighted by Crippen LogP contribution is -2.54. The van der Waals surface area contributed by atoms with Crippen LogP contribution >= 0.6 is 0 Å². The predicted molar refractivity (Wildman–Crippen MR) is 69.7 cm³/mol. The number of hydrogen-bond donors (Lipinski definition) is 1. The summed E-state index contributed by atoms with van der Waals surface area (Å²) in [7, 11) is 2.01. The third kappa shape index (κ3) is 2.86. The van der Waals surface area contributed by atoms with E-state index in [-0.39, 0.29) is 11.6 Å². The van der Waals surface area contributed by atoms with Crippen LogP contribution in [0.3, 0.4) is 0 Å². The lowest BCUT2D eigenvalue weighted by atomic mass is 9.73. The average molecular weight is 225 g/mol. The maximum atomic E-state index is 6.13. The van der Waals surface area contributed by atoms with Gasteiger partial charge in [-0.1, -0.05) is 31.9 Å². The second-order valence-electron chi connectivity index (χ2n) is 5.27. The predicted octanol–water partition coefficient (Wildman–Crippen LogP) is 3.14. The van der Waals surface area contributed by atoms with E-state index in [0.29, 0.717) is 0 Å². The van der Waals surface area contributed by atoms with Gasteiger partial charge in [0, 0.05) is 6.61 Å². The summed E-state index contributed by atoms with van der Waals surface area (Å²) in [6.07, 6.45) is 4.91. The molecule has 0 aromatic heterocycles. The number of hydrogen-bond acceptors (Lipinski definition) is 2. The van der Waals surface area contributed by atoms with Crippen LogP contribution in [0.4, 0.5) is 0 Å². The van der Waals surface area contributed by atoms with Gasteiger partial charge >= 0.3 is 0 Å². The van der Waals surface area contributed by atoms with E-state index in [1.165, 1.54) is 18.4 Å². The maximum absolute atomic E-state index is 6.13. The zero-order valence-electron chi connectivity index (χ0n) is 11.3. The smallest absolute Gasteiger partial charge is 0.0875 e. The molecule has 1 N–H and O–H groups in total. The average Bonchev–Trinajstić information content (AvgIpc) is 2.18. The molecule has 0 heterocycles. The van der Waals surface area contributed by atoms with Gasteiger partial charge in [0.05, 0.1) is 11.6 Å².